The van der Waals surface area contributed by atoms with Gasteiger partial charge in [0.2, 0.25) is 0 Å². The van der Waals surface area contributed by atoms with Gasteiger partial charge in [-0.1, -0.05) is 76.8 Å². The second-order valence-electron chi connectivity index (χ2n) is 8.18. The van der Waals surface area contributed by atoms with Crippen molar-refractivity contribution in [2.45, 2.75) is 94.9 Å². The lowest BCUT2D eigenvalue weighted by Crippen LogP contribution is -2.50. The molecule has 2 heteroatoms. The number of rotatable bonds is 4. The molecule has 1 heterocycles. The van der Waals surface area contributed by atoms with Crippen molar-refractivity contribution in [2.75, 3.05) is 6.16 Å². The smallest absolute Gasteiger partial charge is 0.0343 e. The maximum atomic E-state index is 3.13. The van der Waals surface area contributed by atoms with Crippen LogP contribution in [0.2, 0.25) is 0 Å². The Morgan fingerprint density at radius 1 is 0.667 bits per heavy atom. The fraction of sp³-hybridized carbons (Fsp3) is 0.727. The van der Waals surface area contributed by atoms with E-state index in [-0.39, 0.29) is 7.92 Å². The summed E-state index contributed by atoms with van der Waals surface area (Å²) in [6.07, 6.45) is 19.2. The molecule has 1 aromatic carbocycles. The van der Waals surface area contributed by atoms with Crippen LogP contribution in [0.1, 0.15) is 77.0 Å². The van der Waals surface area contributed by atoms with Crippen LogP contribution in [0.3, 0.4) is 0 Å². The van der Waals surface area contributed by atoms with E-state index >= 15 is 0 Å². The van der Waals surface area contributed by atoms with Gasteiger partial charge >= 0.3 is 0 Å². The molecule has 0 unspecified atom stereocenters. The molecule has 1 nitrogen and oxygen atoms in total. The van der Waals surface area contributed by atoms with Crippen molar-refractivity contribution >= 4 is 13.2 Å². The summed E-state index contributed by atoms with van der Waals surface area (Å²) in [5.74, 6) is 0.883. The molecular formula is C22H34NP. The van der Waals surface area contributed by atoms with Gasteiger partial charge in [-0.05, 0) is 50.0 Å². The highest BCUT2D eigenvalue weighted by Gasteiger charge is 2.40. The first-order chi connectivity index (χ1) is 11.9. The van der Waals surface area contributed by atoms with Crippen LogP contribution >= 0.6 is 7.92 Å². The summed E-state index contributed by atoms with van der Waals surface area (Å²) in [4.78, 5) is 3.13. The van der Waals surface area contributed by atoms with E-state index in [9.17, 15) is 0 Å². The number of nitrogens with zero attached hydrogens (tertiary/aromatic N) is 1. The third-order valence-corrected chi connectivity index (χ3v) is 9.65. The van der Waals surface area contributed by atoms with Gasteiger partial charge in [0, 0.05) is 17.9 Å². The van der Waals surface area contributed by atoms with Crippen molar-refractivity contribution in [1.29, 1.82) is 0 Å². The van der Waals surface area contributed by atoms with Crippen LogP contribution < -0.4 is 5.30 Å². The molecule has 2 aliphatic carbocycles. The summed E-state index contributed by atoms with van der Waals surface area (Å²) in [5, 5.41) is 1.67. The second kappa shape index (κ2) is 8.33. The molecule has 24 heavy (non-hydrogen) atoms. The third kappa shape index (κ3) is 3.73. The average Bonchev–Trinajstić information content (AvgIpc) is 3.14. The first-order valence-corrected chi connectivity index (χ1v) is 12.1. The Bertz CT molecular complexity index is 472. The molecule has 2 saturated carbocycles. The van der Waals surface area contributed by atoms with Gasteiger partial charge in [0.05, 0.1) is 0 Å². The van der Waals surface area contributed by atoms with Crippen LogP contribution in [-0.2, 0) is 0 Å². The SMILES string of the molecule is c1ccc([P@]2CCC[C@H]2N(C2CCCCC2)C2CCCCC2)cc1. The van der Waals surface area contributed by atoms with Crippen molar-refractivity contribution < 1.29 is 0 Å². The third-order valence-electron chi connectivity index (χ3n) is 6.65. The van der Waals surface area contributed by atoms with Crippen LogP contribution in [0.25, 0.3) is 0 Å². The summed E-state index contributed by atoms with van der Waals surface area (Å²) in [5.41, 5.74) is 0. The van der Waals surface area contributed by atoms with E-state index in [0.29, 0.717) is 0 Å². The highest BCUT2D eigenvalue weighted by molar-refractivity contribution is 7.66. The van der Waals surface area contributed by atoms with Crippen LogP contribution in [0, 0.1) is 0 Å². The fourth-order valence-electron chi connectivity index (χ4n) is 5.52. The first kappa shape index (κ1) is 17.0. The first-order valence-electron chi connectivity index (χ1n) is 10.5. The molecule has 3 aliphatic rings. The summed E-state index contributed by atoms with van der Waals surface area (Å²) in [6, 6.07) is 13.4. The van der Waals surface area contributed by atoms with E-state index in [1.54, 1.807) is 5.30 Å². The number of hydrogen-bond donors (Lipinski definition) is 0. The maximum Gasteiger partial charge on any atom is 0.0343 e. The average molecular weight is 343 g/mol. The molecule has 132 valence electrons. The lowest BCUT2D eigenvalue weighted by atomic mass is 9.88. The predicted octanol–water partition coefficient (Wildman–Crippen LogP) is 5.88. The van der Waals surface area contributed by atoms with E-state index in [1.165, 1.54) is 83.2 Å². The molecule has 1 saturated heterocycles. The lowest BCUT2D eigenvalue weighted by molar-refractivity contribution is 0.0672. The van der Waals surface area contributed by atoms with Gasteiger partial charge in [-0.25, -0.2) is 0 Å². The van der Waals surface area contributed by atoms with Gasteiger partial charge in [0.1, 0.15) is 0 Å². The van der Waals surface area contributed by atoms with E-state index in [0.717, 1.165) is 17.9 Å². The van der Waals surface area contributed by atoms with Crippen LogP contribution in [0.15, 0.2) is 30.3 Å². The Balaban J connectivity index is 1.58. The van der Waals surface area contributed by atoms with Gasteiger partial charge in [-0.3, -0.25) is 4.90 Å². The second-order valence-corrected chi connectivity index (χ2v) is 10.7. The Kier molecular flexibility index (Phi) is 5.91. The Hall–Kier alpha value is -0.390. The Labute approximate surface area is 150 Å². The predicted molar refractivity (Wildman–Crippen MR) is 106 cm³/mol. The van der Waals surface area contributed by atoms with Crippen LogP contribution in [-0.4, -0.2) is 28.9 Å². The van der Waals surface area contributed by atoms with Crippen molar-refractivity contribution in [1.82, 2.24) is 4.90 Å². The zero-order chi connectivity index (χ0) is 16.2. The molecule has 3 fully saturated rings. The highest BCUT2D eigenvalue weighted by Crippen LogP contribution is 2.53. The van der Waals surface area contributed by atoms with Gasteiger partial charge < -0.3 is 0 Å². The molecule has 0 amide bonds. The Morgan fingerprint density at radius 3 is 1.83 bits per heavy atom. The van der Waals surface area contributed by atoms with Crippen molar-refractivity contribution in [2.24, 2.45) is 0 Å². The number of benzene rings is 1. The zero-order valence-electron chi connectivity index (χ0n) is 15.2. The van der Waals surface area contributed by atoms with Gasteiger partial charge in [0.15, 0.2) is 0 Å². The van der Waals surface area contributed by atoms with Gasteiger partial charge in [-0.2, -0.15) is 0 Å². The normalized spacial score (nSPS) is 30.0. The molecule has 0 radical (unpaired) electrons. The monoisotopic (exact) mass is 343 g/mol. The minimum Gasteiger partial charge on any atom is -0.290 e. The van der Waals surface area contributed by atoms with E-state index in [2.05, 4.69) is 35.2 Å². The van der Waals surface area contributed by atoms with Gasteiger partial charge in [-0.15, -0.1) is 0 Å². The topological polar surface area (TPSA) is 3.24 Å². The number of hydrogen-bond acceptors (Lipinski definition) is 1. The molecule has 1 aliphatic heterocycles. The zero-order valence-corrected chi connectivity index (χ0v) is 16.1. The summed E-state index contributed by atoms with van der Waals surface area (Å²) in [6.45, 7) is 0. The van der Waals surface area contributed by atoms with Crippen LogP contribution in [0.4, 0.5) is 0 Å². The summed E-state index contributed by atoms with van der Waals surface area (Å²) in [7, 11) is 0.0333. The van der Waals surface area contributed by atoms with Crippen LogP contribution in [0.5, 0.6) is 0 Å². The maximum absolute atomic E-state index is 3.13. The highest BCUT2D eigenvalue weighted by atomic mass is 31.1. The molecule has 1 aromatic rings. The van der Waals surface area contributed by atoms with Gasteiger partial charge in [0.25, 0.3) is 0 Å². The minimum atomic E-state index is 0.0333. The minimum absolute atomic E-state index is 0.0333. The standard InChI is InChI=1S/C22H34NP/c1-4-11-19(12-5-1)23(20-13-6-2-7-14-20)22-17-10-18-24(22)21-15-8-3-9-16-21/h3,8-9,15-16,19-20,22H,1-2,4-7,10-14,17-18H2/t22-,24-/m0/s1. The molecule has 0 spiro atoms. The molecular weight excluding hydrogens is 309 g/mol. The summed E-state index contributed by atoms with van der Waals surface area (Å²) >= 11 is 0. The molecule has 0 aromatic heterocycles. The summed E-state index contributed by atoms with van der Waals surface area (Å²) < 4.78 is 0. The van der Waals surface area contributed by atoms with E-state index < -0.39 is 0 Å². The largest absolute Gasteiger partial charge is 0.290 e. The van der Waals surface area contributed by atoms with E-state index in [1.807, 2.05) is 0 Å². The van der Waals surface area contributed by atoms with Crippen molar-refractivity contribution in [3.05, 3.63) is 30.3 Å². The molecule has 2 atom stereocenters. The quantitative estimate of drug-likeness (QED) is 0.617. The molecule has 0 bridgehead atoms. The fourth-order valence-corrected chi connectivity index (χ4v) is 8.69. The Morgan fingerprint density at radius 2 is 1.25 bits per heavy atom. The lowest BCUT2D eigenvalue weighted by Gasteiger charge is -2.47. The van der Waals surface area contributed by atoms with E-state index in [4.69, 9.17) is 0 Å². The molecule has 0 N–H and O–H groups in total. The van der Waals surface area contributed by atoms with Crippen molar-refractivity contribution in [3.63, 3.8) is 0 Å². The van der Waals surface area contributed by atoms with Crippen molar-refractivity contribution in [3.8, 4) is 0 Å². The molecule has 4 rings (SSSR count).